The lowest BCUT2D eigenvalue weighted by atomic mass is 10.0. The van der Waals surface area contributed by atoms with Crippen molar-refractivity contribution in [3.63, 3.8) is 0 Å². The molecule has 0 atom stereocenters. The summed E-state index contributed by atoms with van der Waals surface area (Å²) in [6.45, 7) is 8.50. The van der Waals surface area contributed by atoms with Crippen LogP contribution in [-0.2, 0) is 6.54 Å². The van der Waals surface area contributed by atoms with Crippen LogP contribution in [0.15, 0.2) is 30.7 Å². The predicted octanol–water partition coefficient (Wildman–Crippen LogP) is 3.94. The lowest BCUT2D eigenvalue weighted by Crippen LogP contribution is -1.94. The lowest BCUT2D eigenvalue weighted by molar-refractivity contribution is 0.101. The first-order chi connectivity index (χ1) is 10.5. The van der Waals surface area contributed by atoms with E-state index in [9.17, 15) is 4.79 Å². The van der Waals surface area contributed by atoms with Crippen LogP contribution >= 0.6 is 0 Å². The second-order valence-corrected chi connectivity index (χ2v) is 5.59. The van der Waals surface area contributed by atoms with Crippen molar-refractivity contribution in [2.24, 2.45) is 0 Å². The number of aryl methyl sites for hydroxylation is 3. The van der Waals surface area contributed by atoms with Gasteiger partial charge in [-0.1, -0.05) is 0 Å². The van der Waals surface area contributed by atoms with Gasteiger partial charge >= 0.3 is 0 Å². The van der Waals surface area contributed by atoms with Crippen molar-refractivity contribution in [2.75, 3.05) is 0 Å². The van der Waals surface area contributed by atoms with Crippen molar-refractivity contribution in [2.45, 2.75) is 34.2 Å². The molecule has 0 radical (unpaired) electrons. The maximum atomic E-state index is 12.0. The summed E-state index contributed by atoms with van der Waals surface area (Å²) in [7, 11) is 0. The quantitative estimate of drug-likeness (QED) is 0.687. The summed E-state index contributed by atoms with van der Waals surface area (Å²) in [6, 6.07) is 4.20. The fraction of sp³-hybridized carbons (Fsp3) is 0.278. The van der Waals surface area contributed by atoms with E-state index in [1.807, 2.05) is 25.5 Å². The van der Waals surface area contributed by atoms with E-state index in [1.54, 1.807) is 6.92 Å². The first-order valence-corrected chi connectivity index (χ1v) is 7.44. The van der Waals surface area contributed by atoms with Crippen molar-refractivity contribution in [1.82, 2.24) is 14.5 Å². The van der Waals surface area contributed by atoms with Crippen LogP contribution in [-0.4, -0.2) is 20.3 Å². The number of aromatic nitrogens is 3. The fourth-order valence-electron chi connectivity index (χ4n) is 2.89. The molecule has 0 fully saturated rings. The number of carbonyl (C=O) groups excluding carboxylic acids is 1. The van der Waals surface area contributed by atoms with E-state index in [2.05, 4.69) is 40.5 Å². The van der Waals surface area contributed by atoms with Crippen LogP contribution in [0.2, 0.25) is 0 Å². The Morgan fingerprint density at radius 3 is 2.41 bits per heavy atom. The Kier molecular flexibility index (Phi) is 3.53. The van der Waals surface area contributed by atoms with Gasteiger partial charge in [-0.3, -0.25) is 4.79 Å². The Morgan fingerprint density at radius 2 is 1.82 bits per heavy atom. The molecule has 0 saturated carbocycles. The molecule has 0 aliphatic heterocycles. The Balaban J connectivity index is 2.29. The van der Waals surface area contributed by atoms with Crippen LogP contribution in [0.25, 0.3) is 22.0 Å². The molecule has 22 heavy (non-hydrogen) atoms. The van der Waals surface area contributed by atoms with E-state index in [4.69, 9.17) is 0 Å². The molecule has 1 aromatic carbocycles. The molecule has 4 nitrogen and oxygen atoms in total. The van der Waals surface area contributed by atoms with Gasteiger partial charge in [-0.05, 0) is 51.0 Å². The molecule has 112 valence electrons. The van der Waals surface area contributed by atoms with Gasteiger partial charge < -0.3 is 4.57 Å². The molecule has 0 spiro atoms. The Morgan fingerprint density at radius 1 is 1.14 bits per heavy atom. The minimum Gasteiger partial charge on any atom is -0.347 e. The summed E-state index contributed by atoms with van der Waals surface area (Å²) < 4.78 is 2.14. The number of carbonyl (C=O) groups is 1. The monoisotopic (exact) mass is 293 g/mol. The van der Waals surface area contributed by atoms with Gasteiger partial charge in [0.25, 0.3) is 0 Å². The number of hydrogen-bond donors (Lipinski definition) is 0. The SMILES string of the molecule is CCn1cc(C(C)=O)c2cc(-c3cnc(C)nc3)cc(C)c21. The average molecular weight is 293 g/mol. The van der Waals surface area contributed by atoms with Crippen molar-refractivity contribution in [1.29, 1.82) is 0 Å². The van der Waals surface area contributed by atoms with Gasteiger partial charge in [-0.2, -0.15) is 0 Å². The minimum absolute atomic E-state index is 0.0916. The Bertz CT molecular complexity index is 860. The highest BCUT2D eigenvalue weighted by Gasteiger charge is 2.15. The highest BCUT2D eigenvalue weighted by atomic mass is 16.1. The molecule has 0 bridgehead atoms. The normalized spacial score (nSPS) is 11.1. The molecule has 0 unspecified atom stereocenters. The zero-order chi connectivity index (χ0) is 15.9. The van der Waals surface area contributed by atoms with Crippen molar-refractivity contribution >= 4 is 16.7 Å². The summed E-state index contributed by atoms with van der Waals surface area (Å²) in [5.74, 6) is 0.844. The first kappa shape index (κ1) is 14.4. The molecular weight excluding hydrogens is 274 g/mol. The molecular formula is C18H19N3O. The molecule has 3 rings (SSSR count). The van der Waals surface area contributed by atoms with E-state index < -0.39 is 0 Å². The van der Waals surface area contributed by atoms with E-state index in [1.165, 1.54) is 0 Å². The van der Waals surface area contributed by atoms with E-state index >= 15 is 0 Å². The number of hydrogen-bond acceptors (Lipinski definition) is 3. The van der Waals surface area contributed by atoms with Crippen LogP contribution in [0.5, 0.6) is 0 Å². The molecule has 0 N–H and O–H groups in total. The maximum absolute atomic E-state index is 12.0. The third-order valence-electron chi connectivity index (χ3n) is 4.00. The zero-order valence-corrected chi connectivity index (χ0v) is 13.3. The van der Waals surface area contributed by atoms with Crippen LogP contribution in [0.1, 0.15) is 35.6 Å². The largest absolute Gasteiger partial charge is 0.347 e. The number of ketones is 1. The molecule has 2 heterocycles. The Labute approximate surface area is 129 Å². The zero-order valence-electron chi connectivity index (χ0n) is 13.3. The third kappa shape index (κ3) is 2.30. The predicted molar refractivity (Wildman–Crippen MR) is 88.1 cm³/mol. The summed E-state index contributed by atoms with van der Waals surface area (Å²) in [4.78, 5) is 20.5. The van der Waals surface area contributed by atoms with Crippen LogP contribution in [0.4, 0.5) is 0 Å². The molecule has 0 aliphatic carbocycles. The van der Waals surface area contributed by atoms with Gasteiger partial charge in [-0.25, -0.2) is 9.97 Å². The third-order valence-corrected chi connectivity index (χ3v) is 4.00. The van der Waals surface area contributed by atoms with Crippen molar-refractivity contribution in [3.8, 4) is 11.1 Å². The maximum Gasteiger partial charge on any atom is 0.161 e. The average Bonchev–Trinajstić information content (AvgIpc) is 2.87. The van der Waals surface area contributed by atoms with Gasteiger partial charge in [0.1, 0.15) is 5.82 Å². The number of rotatable bonds is 3. The molecule has 2 aromatic heterocycles. The second-order valence-electron chi connectivity index (χ2n) is 5.59. The van der Waals surface area contributed by atoms with Crippen LogP contribution < -0.4 is 0 Å². The van der Waals surface area contributed by atoms with Gasteiger partial charge in [0.2, 0.25) is 0 Å². The van der Waals surface area contributed by atoms with Gasteiger partial charge in [0.15, 0.2) is 5.78 Å². The number of benzene rings is 1. The summed E-state index contributed by atoms with van der Waals surface area (Å²) >= 11 is 0. The molecule has 0 aliphatic rings. The van der Waals surface area contributed by atoms with Crippen molar-refractivity contribution in [3.05, 3.63) is 47.7 Å². The summed E-state index contributed by atoms with van der Waals surface area (Å²) in [5, 5.41) is 1.00. The minimum atomic E-state index is 0.0916. The highest BCUT2D eigenvalue weighted by Crippen LogP contribution is 2.30. The van der Waals surface area contributed by atoms with E-state index in [-0.39, 0.29) is 5.78 Å². The highest BCUT2D eigenvalue weighted by molar-refractivity contribution is 6.08. The molecule has 4 heteroatoms. The van der Waals surface area contributed by atoms with Crippen LogP contribution in [0.3, 0.4) is 0 Å². The van der Waals surface area contributed by atoms with E-state index in [0.717, 1.165) is 45.5 Å². The standard InChI is InChI=1S/C18H19N3O/c1-5-21-10-17(12(3)22)16-7-14(6-11(2)18(16)21)15-8-19-13(4)20-9-15/h6-10H,5H2,1-4H3. The molecule has 0 saturated heterocycles. The van der Waals surface area contributed by atoms with E-state index in [0.29, 0.717) is 0 Å². The van der Waals surface area contributed by atoms with Gasteiger partial charge in [-0.15, -0.1) is 0 Å². The lowest BCUT2D eigenvalue weighted by Gasteiger charge is -2.08. The number of Topliss-reactive ketones (excluding diaryl/α,β-unsaturated/α-hetero) is 1. The van der Waals surface area contributed by atoms with Crippen molar-refractivity contribution < 1.29 is 4.79 Å². The Hall–Kier alpha value is -2.49. The molecule has 3 aromatic rings. The summed E-state index contributed by atoms with van der Waals surface area (Å²) in [5.41, 5.74) is 5.07. The van der Waals surface area contributed by atoms with Crippen LogP contribution in [0, 0.1) is 13.8 Å². The fourth-order valence-corrected chi connectivity index (χ4v) is 2.89. The topological polar surface area (TPSA) is 47.8 Å². The number of nitrogens with zero attached hydrogens (tertiary/aromatic N) is 3. The molecule has 0 amide bonds. The van der Waals surface area contributed by atoms with Gasteiger partial charge in [0.05, 0.1) is 5.52 Å². The smallest absolute Gasteiger partial charge is 0.161 e. The number of fused-ring (bicyclic) bond motifs is 1. The summed E-state index contributed by atoms with van der Waals surface area (Å²) in [6.07, 6.45) is 5.61. The van der Waals surface area contributed by atoms with Gasteiger partial charge in [0, 0.05) is 41.6 Å². The second kappa shape index (κ2) is 5.37. The first-order valence-electron chi connectivity index (χ1n) is 7.44.